The van der Waals surface area contributed by atoms with Crippen LogP contribution in [-0.4, -0.2) is 82.7 Å². The summed E-state index contributed by atoms with van der Waals surface area (Å²) in [6.45, 7) is 6.84. The van der Waals surface area contributed by atoms with Gasteiger partial charge in [0.15, 0.2) is 5.82 Å². The molecule has 12 nitrogen and oxygen atoms in total. The van der Waals surface area contributed by atoms with E-state index in [0.29, 0.717) is 30.9 Å². The highest BCUT2D eigenvalue weighted by Gasteiger charge is 2.33. The number of piperidine rings is 1. The molecule has 0 aliphatic carbocycles. The zero-order chi connectivity index (χ0) is 33.4. The number of nitrogens with one attached hydrogen (secondary N) is 2. The van der Waals surface area contributed by atoms with Crippen molar-refractivity contribution in [2.75, 3.05) is 42.8 Å². The van der Waals surface area contributed by atoms with Gasteiger partial charge in [0.25, 0.3) is 5.56 Å². The Morgan fingerprint density at radius 3 is 2.50 bits per heavy atom. The van der Waals surface area contributed by atoms with Gasteiger partial charge in [0.1, 0.15) is 23.2 Å². The van der Waals surface area contributed by atoms with Crippen LogP contribution in [0.1, 0.15) is 46.5 Å². The maximum atomic E-state index is 15.6. The van der Waals surface area contributed by atoms with Gasteiger partial charge in [-0.3, -0.25) is 14.1 Å². The second-order valence-corrected chi connectivity index (χ2v) is 14.3. The van der Waals surface area contributed by atoms with Gasteiger partial charge < -0.3 is 15.0 Å². The van der Waals surface area contributed by atoms with Crippen LogP contribution >= 0.6 is 0 Å². The summed E-state index contributed by atoms with van der Waals surface area (Å²) in [7, 11) is -2.91. The van der Waals surface area contributed by atoms with Crippen molar-refractivity contribution in [2.24, 2.45) is 13.0 Å². The third-order valence-corrected chi connectivity index (χ3v) is 9.57. The van der Waals surface area contributed by atoms with E-state index in [-0.39, 0.29) is 42.8 Å². The van der Waals surface area contributed by atoms with Crippen molar-refractivity contribution in [1.29, 1.82) is 0 Å². The molecule has 250 valence electrons. The summed E-state index contributed by atoms with van der Waals surface area (Å²) in [5.74, 6) is -1.70. The highest BCUT2D eigenvalue weighted by molar-refractivity contribution is 7.90. The predicted octanol–water partition coefficient (Wildman–Crippen LogP) is 4.42. The summed E-state index contributed by atoms with van der Waals surface area (Å²) in [4.78, 5) is 36.1. The lowest BCUT2D eigenvalue weighted by Crippen LogP contribution is -2.41. The van der Waals surface area contributed by atoms with Gasteiger partial charge in [0, 0.05) is 51.4 Å². The van der Waals surface area contributed by atoms with Gasteiger partial charge >= 0.3 is 16.3 Å². The van der Waals surface area contributed by atoms with Crippen LogP contribution in [0.25, 0.3) is 22.2 Å². The lowest BCUT2D eigenvalue weighted by atomic mass is 9.94. The molecule has 16 heteroatoms. The molecule has 2 aromatic heterocycles. The first kappa shape index (κ1) is 33.4. The second-order valence-electron chi connectivity index (χ2n) is 12.7. The molecule has 0 radical (unpaired) electrons. The summed E-state index contributed by atoms with van der Waals surface area (Å²) in [6, 6.07) is 3.02. The Hall–Kier alpha value is -3.92. The molecule has 2 aliphatic heterocycles. The number of pyridine rings is 1. The molecule has 0 spiro atoms. The Morgan fingerprint density at radius 1 is 1.13 bits per heavy atom. The summed E-state index contributed by atoms with van der Waals surface area (Å²) in [5.41, 5.74) is -2.71. The number of ether oxygens (including phenoxy) is 1. The number of rotatable bonds is 8. The Morgan fingerprint density at radius 2 is 1.85 bits per heavy atom. The third-order valence-electron chi connectivity index (χ3n) is 8.08. The van der Waals surface area contributed by atoms with Crippen LogP contribution in [0, 0.1) is 17.6 Å². The number of hydrogen-bond acceptors (Lipinski definition) is 8. The van der Waals surface area contributed by atoms with Gasteiger partial charge in [-0.1, -0.05) is 0 Å². The number of carbonyl (C=O) groups is 1. The van der Waals surface area contributed by atoms with Crippen LogP contribution in [0.3, 0.4) is 0 Å². The number of aromatic nitrogens is 3. The van der Waals surface area contributed by atoms with E-state index >= 15 is 8.78 Å². The molecule has 0 unspecified atom stereocenters. The summed E-state index contributed by atoms with van der Waals surface area (Å²) in [5, 5.41) is 3.49. The average molecular weight is 666 g/mol. The molecule has 1 amide bonds. The van der Waals surface area contributed by atoms with E-state index in [1.807, 2.05) is 25.5 Å². The average Bonchev–Trinajstić information content (AvgIpc) is 3.44. The molecule has 0 bridgehead atoms. The van der Waals surface area contributed by atoms with Gasteiger partial charge in [0.05, 0.1) is 16.8 Å². The predicted molar refractivity (Wildman–Crippen MR) is 167 cm³/mol. The number of amides is 1. The molecule has 2 aliphatic rings. The largest absolute Gasteiger partial charge is 0.444 e. The van der Waals surface area contributed by atoms with Crippen LogP contribution in [0.15, 0.2) is 29.2 Å². The zero-order valence-electron chi connectivity index (χ0n) is 26.1. The Kier molecular flexibility index (Phi) is 9.50. The minimum absolute atomic E-state index is 0.0151. The molecule has 2 saturated heterocycles. The number of aryl methyl sites for hydroxylation is 1. The molecule has 1 aromatic carbocycles. The first-order valence-corrected chi connectivity index (χ1v) is 16.6. The topological polar surface area (TPSA) is 139 Å². The number of likely N-dealkylation sites (tertiary alicyclic amines) is 1. The van der Waals surface area contributed by atoms with E-state index in [4.69, 9.17) is 4.74 Å². The molecule has 2 fully saturated rings. The van der Waals surface area contributed by atoms with Crippen molar-refractivity contribution in [1.82, 2.24) is 23.7 Å². The second kappa shape index (κ2) is 13.1. The molecular weight excluding hydrogens is 627 g/mol. The van der Waals surface area contributed by atoms with Gasteiger partial charge in [-0.15, -0.1) is 0 Å². The van der Waals surface area contributed by atoms with Crippen LogP contribution in [0.4, 0.5) is 29.6 Å². The fraction of sp³-hybridized carbons (Fsp3) is 0.533. The van der Waals surface area contributed by atoms with Gasteiger partial charge in [-0.2, -0.15) is 17.7 Å². The highest BCUT2D eigenvalue weighted by Crippen LogP contribution is 2.32. The van der Waals surface area contributed by atoms with E-state index in [1.54, 1.807) is 4.90 Å². The number of nitrogens with zero attached hydrogens (tertiary/aromatic N) is 5. The van der Waals surface area contributed by atoms with Crippen molar-refractivity contribution in [3.63, 3.8) is 0 Å². The quantitative estimate of drug-likeness (QED) is 0.361. The first-order chi connectivity index (χ1) is 21.6. The first-order valence-electron chi connectivity index (χ1n) is 15.1. The number of anilines is 2. The zero-order valence-corrected chi connectivity index (χ0v) is 27.0. The van der Waals surface area contributed by atoms with E-state index in [1.165, 1.54) is 19.3 Å². The minimum atomic E-state index is -4.32. The number of hydrogen-bond donors (Lipinski definition) is 2. The lowest BCUT2D eigenvalue weighted by Gasteiger charge is -2.33. The van der Waals surface area contributed by atoms with E-state index in [2.05, 4.69) is 15.3 Å². The number of alkyl halides is 1. The summed E-state index contributed by atoms with van der Waals surface area (Å²) < 4.78 is 79.1. The molecule has 2 N–H and O–H groups in total. The normalized spacial score (nSPS) is 18.2. The molecule has 3 aromatic rings. The van der Waals surface area contributed by atoms with E-state index < -0.39 is 50.4 Å². The molecule has 0 saturated carbocycles. The van der Waals surface area contributed by atoms with Crippen LogP contribution < -0.4 is 15.6 Å². The minimum Gasteiger partial charge on any atom is -0.444 e. The fourth-order valence-corrected chi connectivity index (χ4v) is 6.89. The Labute approximate surface area is 265 Å². The monoisotopic (exact) mass is 665 g/mol. The smallest absolute Gasteiger partial charge is 0.410 e. The molecular formula is C30H38F3N7O5S. The maximum Gasteiger partial charge on any atom is 0.410 e. The van der Waals surface area contributed by atoms with Gasteiger partial charge in [-0.25, -0.2) is 22.9 Å². The van der Waals surface area contributed by atoms with Crippen LogP contribution in [0.5, 0.6) is 0 Å². The van der Waals surface area contributed by atoms with Crippen molar-refractivity contribution in [3.8, 4) is 11.1 Å². The summed E-state index contributed by atoms with van der Waals surface area (Å²) in [6.07, 6.45) is 2.29. The number of fused-ring (bicyclic) bond motifs is 1. The van der Waals surface area contributed by atoms with Gasteiger partial charge in [0.2, 0.25) is 5.95 Å². The van der Waals surface area contributed by atoms with Crippen LogP contribution in [0.2, 0.25) is 0 Å². The van der Waals surface area contributed by atoms with E-state index in [9.17, 15) is 22.4 Å². The summed E-state index contributed by atoms with van der Waals surface area (Å²) >= 11 is 0. The number of benzene rings is 1. The van der Waals surface area contributed by atoms with Crippen molar-refractivity contribution >= 4 is 39.0 Å². The third kappa shape index (κ3) is 7.38. The van der Waals surface area contributed by atoms with Crippen molar-refractivity contribution in [2.45, 2.75) is 58.2 Å². The number of halogens is 3. The van der Waals surface area contributed by atoms with Crippen molar-refractivity contribution < 1.29 is 31.1 Å². The maximum absolute atomic E-state index is 15.6. The molecule has 5 rings (SSSR count). The van der Waals surface area contributed by atoms with Crippen molar-refractivity contribution in [3.05, 3.63) is 46.4 Å². The fourth-order valence-electron chi connectivity index (χ4n) is 5.62. The molecule has 46 heavy (non-hydrogen) atoms. The molecule has 1 atom stereocenters. The van der Waals surface area contributed by atoms with Crippen LogP contribution in [-0.2, 0) is 22.0 Å². The number of carbonyl (C=O) groups excluding carboxylic acids is 1. The standard InChI is InChI=1S/C30H38F3N7O5S/c1-30(2,3)45-29(42)39-12-8-18(9-13-39)7-11-34-28-35-16-19-15-21(27(41)38(4)26(19)36-28)24-22(32)5-6-23(25(24)33)37-46(43,44)40-14-10-20(31)17-40/h5-6,15-16,18,20,37H,7-14,17H2,1-4H3,(H,34,35,36)/t20-/m1/s1. The SMILES string of the molecule is Cn1c(=O)c(-c2c(F)ccc(NS(=O)(=O)N3CC[C@@H](F)C3)c2F)cc2cnc(NCCC3CCN(C(=O)OC(C)(C)C)CC3)nc21. The highest BCUT2D eigenvalue weighted by atomic mass is 32.2. The Bertz CT molecular complexity index is 1790. The Balaban J connectivity index is 1.28. The lowest BCUT2D eigenvalue weighted by molar-refractivity contribution is 0.0182. The van der Waals surface area contributed by atoms with Gasteiger partial charge in [-0.05, 0) is 70.6 Å². The van der Waals surface area contributed by atoms with E-state index in [0.717, 1.165) is 40.3 Å². The molecule has 4 heterocycles.